The molecule has 0 aromatic heterocycles. The van der Waals surface area contributed by atoms with Gasteiger partial charge in [0.25, 0.3) is 0 Å². The highest BCUT2D eigenvalue weighted by atomic mass is 32.2. The van der Waals surface area contributed by atoms with Crippen LogP contribution in [0.25, 0.3) is 0 Å². The molecule has 0 heterocycles. The molecule has 1 unspecified atom stereocenters. The third kappa shape index (κ3) is 3.71. The Morgan fingerprint density at radius 1 is 1.35 bits per heavy atom. The fourth-order valence-electron chi connectivity index (χ4n) is 1.39. The molecular weight excluding hydrogens is 238 g/mol. The number of sulfone groups is 1. The zero-order valence-corrected chi connectivity index (χ0v) is 11.0. The largest absolute Gasteiger partial charge is 0.396 e. The van der Waals surface area contributed by atoms with Gasteiger partial charge in [0.1, 0.15) is 0 Å². The highest BCUT2D eigenvalue weighted by Crippen LogP contribution is 2.22. The van der Waals surface area contributed by atoms with E-state index in [1.165, 1.54) is 0 Å². The Bertz CT molecular complexity index is 457. The van der Waals surface area contributed by atoms with E-state index in [0.717, 1.165) is 0 Å². The van der Waals surface area contributed by atoms with Crippen molar-refractivity contribution in [3.63, 3.8) is 0 Å². The summed E-state index contributed by atoms with van der Waals surface area (Å²) in [6.07, 6.45) is 0. The predicted molar refractivity (Wildman–Crippen MR) is 68.9 cm³/mol. The third-order valence-electron chi connectivity index (χ3n) is 2.55. The summed E-state index contributed by atoms with van der Waals surface area (Å²) in [5, 5.41) is 12.0. The minimum atomic E-state index is -3.21. The number of nitrogens with one attached hydrogen (secondary N) is 1. The van der Waals surface area contributed by atoms with Crippen molar-refractivity contribution in [3.05, 3.63) is 24.3 Å². The lowest BCUT2D eigenvalue weighted by atomic mass is 10.2. The van der Waals surface area contributed by atoms with Gasteiger partial charge in [0, 0.05) is 13.2 Å². The molecule has 0 saturated carbocycles. The SMILES string of the molecule is CCS(=O)(=O)c1ccccc1NCC(C)CO. The zero-order chi connectivity index (χ0) is 12.9. The fraction of sp³-hybridized carbons (Fsp3) is 0.500. The predicted octanol–water partition coefficient (Wildman–Crippen LogP) is 1.52. The molecule has 0 spiro atoms. The van der Waals surface area contributed by atoms with E-state index in [0.29, 0.717) is 17.1 Å². The number of hydrogen-bond donors (Lipinski definition) is 2. The molecule has 0 aliphatic rings. The molecule has 0 bridgehead atoms. The number of anilines is 1. The van der Waals surface area contributed by atoms with Crippen LogP contribution in [0.1, 0.15) is 13.8 Å². The van der Waals surface area contributed by atoms with Gasteiger partial charge in [0.05, 0.1) is 16.3 Å². The summed E-state index contributed by atoms with van der Waals surface area (Å²) >= 11 is 0. The van der Waals surface area contributed by atoms with E-state index < -0.39 is 9.84 Å². The maximum Gasteiger partial charge on any atom is 0.180 e. The average Bonchev–Trinajstić information content (AvgIpc) is 2.36. The smallest absolute Gasteiger partial charge is 0.180 e. The summed E-state index contributed by atoms with van der Waals surface area (Å²) in [5.74, 6) is 0.175. The first-order valence-corrected chi connectivity index (χ1v) is 7.33. The van der Waals surface area contributed by atoms with E-state index >= 15 is 0 Å². The standard InChI is InChI=1S/C12H19NO3S/c1-3-17(15,16)12-7-5-4-6-11(12)13-8-10(2)9-14/h4-7,10,13-14H,3,8-9H2,1-2H3. The topological polar surface area (TPSA) is 66.4 Å². The third-order valence-corrected chi connectivity index (χ3v) is 4.34. The Labute approximate surface area is 103 Å². The summed E-state index contributed by atoms with van der Waals surface area (Å²) in [6, 6.07) is 6.85. The summed E-state index contributed by atoms with van der Waals surface area (Å²) in [7, 11) is -3.21. The molecule has 4 nitrogen and oxygen atoms in total. The molecule has 0 fully saturated rings. The van der Waals surface area contributed by atoms with Gasteiger partial charge in [-0.05, 0) is 18.1 Å². The van der Waals surface area contributed by atoms with Gasteiger partial charge in [-0.3, -0.25) is 0 Å². The minimum absolute atomic E-state index is 0.0791. The molecule has 5 heteroatoms. The highest BCUT2D eigenvalue weighted by molar-refractivity contribution is 7.91. The summed E-state index contributed by atoms with van der Waals surface area (Å²) in [6.45, 7) is 4.15. The van der Waals surface area contributed by atoms with E-state index in [1.54, 1.807) is 31.2 Å². The number of aliphatic hydroxyl groups excluding tert-OH is 1. The fourth-order valence-corrected chi connectivity index (χ4v) is 2.46. The summed E-state index contributed by atoms with van der Waals surface area (Å²) in [5.41, 5.74) is 0.606. The molecule has 1 rings (SSSR count). The van der Waals surface area contributed by atoms with Crippen LogP contribution in [0.15, 0.2) is 29.2 Å². The van der Waals surface area contributed by atoms with Crippen molar-refractivity contribution in [1.29, 1.82) is 0 Å². The molecule has 1 aromatic rings. The lowest BCUT2D eigenvalue weighted by Gasteiger charge is -2.14. The maximum atomic E-state index is 11.8. The van der Waals surface area contributed by atoms with Gasteiger partial charge in [-0.1, -0.05) is 26.0 Å². The van der Waals surface area contributed by atoms with E-state index in [9.17, 15) is 8.42 Å². The Hall–Kier alpha value is -1.07. The summed E-state index contributed by atoms with van der Waals surface area (Å²) < 4.78 is 23.7. The Morgan fingerprint density at radius 3 is 2.59 bits per heavy atom. The second-order valence-electron chi connectivity index (χ2n) is 4.07. The molecule has 0 aliphatic carbocycles. The average molecular weight is 257 g/mol. The number of aliphatic hydroxyl groups is 1. The normalized spacial score (nSPS) is 13.4. The number of para-hydroxylation sites is 1. The quantitative estimate of drug-likeness (QED) is 0.811. The van der Waals surface area contributed by atoms with Gasteiger partial charge in [0.2, 0.25) is 0 Å². The van der Waals surface area contributed by atoms with Crippen LogP contribution < -0.4 is 5.32 Å². The first kappa shape index (κ1) is 14.0. The van der Waals surface area contributed by atoms with E-state index in [2.05, 4.69) is 5.32 Å². The second-order valence-corrected chi connectivity index (χ2v) is 6.31. The molecule has 0 saturated heterocycles. The van der Waals surface area contributed by atoms with Crippen molar-refractivity contribution < 1.29 is 13.5 Å². The molecule has 17 heavy (non-hydrogen) atoms. The Morgan fingerprint density at radius 2 is 2.00 bits per heavy atom. The van der Waals surface area contributed by atoms with Crippen molar-refractivity contribution in [2.45, 2.75) is 18.7 Å². The number of hydrogen-bond acceptors (Lipinski definition) is 4. The molecule has 0 amide bonds. The van der Waals surface area contributed by atoms with Crippen LogP contribution in [0.2, 0.25) is 0 Å². The van der Waals surface area contributed by atoms with E-state index in [4.69, 9.17) is 5.11 Å². The van der Waals surface area contributed by atoms with Gasteiger partial charge < -0.3 is 10.4 Å². The van der Waals surface area contributed by atoms with Crippen molar-refractivity contribution in [2.24, 2.45) is 5.92 Å². The van der Waals surface area contributed by atoms with Crippen molar-refractivity contribution in [2.75, 3.05) is 24.2 Å². The number of benzene rings is 1. The molecule has 1 atom stereocenters. The maximum absolute atomic E-state index is 11.8. The summed E-state index contributed by atoms with van der Waals surface area (Å²) in [4.78, 5) is 0.327. The van der Waals surface area contributed by atoms with Gasteiger partial charge in [0.15, 0.2) is 9.84 Å². The van der Waals surface area contributed by atoms with Gasteiger partial charge in [-0.15, -0.1) is 0 Å². The molecular formula is C12H19NO3S. The van der Waals surface area contributed by atoms with Crippen LogP contribution in [-0.2, 0) is 9.84 Å². The second kappa shape index (κ2) is 6.02. The first-order valence-electron chi connectivity index (χ1n) is 5.67. The van der Waals surface area contributed by atoms with Crippen LogP contribution in [0.5, 0.6) is 0 Å². The van der Waals surface area contributed by atoms with Crippen molar-refractivity contribution in [1.82, 2.24) is 0 Å². The van der Waals surface area contributed by atoms with Gasteiger partial charge in [-0.2, -0.15) is 0 Å². The molecule has 1 aromatic carbocycles. The molecule has 0 aliphatic heterocycles. The van der Waals surface area contributed by atoms with Crippen LogP contribution >= 0.6 is 0 Å². The monoisotopic (exact) mass is 257 g/mol. The van der Waals surface area contributed by atoms with Crippen LogP contribution in [0, 0.1) is 5.92 Å². The Kier molecular flexibility index (Phi) is 4.96. The molecule has 2 N–H and O–H groups in total. The van der Waals surface area contributed by atoms with Crippen LogP contribution in [0.3, 0.4) is 0 Å². The number of rotatable bonds is 6. The van der Waals surface area contributed by atoms with Gasteiger partial charge in [-0.25, -0.2) is 8.42 Å². The zero-order valence-electron chi connectivity index (χ0n) is 10.2. The van der Waals surface area contributed by atoms with Crippen molar-refractivity contribution >= 4 is 15.5 Å². The first-order chi connectivity index (χ1) is 8.01. The highest BCUT2D eigenvalue weighted by Gasteiger charge is 2.15. The van der Waals surface area contributed by atoms with E-state index in [1.807, 2.05) is 6.92 Å². The lowest BCUT2D eigenvalue weighted by molar-refractivity contribution is 0.244. The van der Waals surface area contributed by atoms with E-state index in [-0.39, 0.29) is 18.3 Å². The Balaban J connectivity index is 2.93. The molecule has 0 radical (unpaired) electrons. The minimum Gasteiger partial charge on any atom is -0.396 e. The lowest BCUT2D eigenvalue weighted by Crippen LogP contribution is -2.16. The van der Waals surface area contributed by atoms with Gasteiger partial charge >= 0.3 is 0 Å². The van der Waals surface area contributed by atoms with Crippen LogP contribution in [-0.4, -0.2) is 32.4 Å². The van der Waals surface area contributed by atoms with Crippen molar-refractivity contribution in [3.8, 4) is 0 Å². The van der Waals surface area contributed by atoms with Crippen LogP contribution in [0.4, 0.5) is 5.69 Å². The molecule has 96 valence electrons.